The van der Waals surface area contributed by atoms with E-state index in [9.17, 15) is 30.3 Å². The Morgan fingerprint density at radius 3 is 1.88 bits per heavy atom. The SMILES string of the molecule is CCC(O)[n+]1ccn(C)c1.F[P-](F)(F)(F)(F)F. The van der Waals surface area contributed by atoms with Crippen LogP contribution >= 0.6 is 7.81 Å². The number of imidazole rings is 1. The van der Waals surface area contributed by atoms with Gasteiger partial charge >= 0.3 is 33.0 Å². The molecule has 0 spiro atoms. The molecule has 0 aliphatic rings. The first-order chi connectivity index (χ1) is 7.19. The fourth-order valence-electron chi connectivity index (χ4n) is 0.857. The summed E-state index contributed by atoms with van der Waals surface area (Å²) in [6.45, 7) is 1.95. The van der Waals surface area contributed by atoms with E-state index in [4.69, 9.17) is 0 Å². The average molecular weight is 286 g/mol. The van der Waals surface area contributed by atoms with Crippen molar-refractivity contribution in [2.24, 2.45) is 7.05 Å². The Hall–Kier alpha value is -0.820. The van der Waals surface area contributed by atoms with E-state index in [1.807, 2.05) is 37.3 Å². The van der Waals surface area contributed by atoms with Crippen molar-refractivity contribution in [1.29, 1.82) is 0 Å². The van der Waals surface area contributed by atoms with Crippen LogP contribution in [0.25, 0.3) is 0 Å². The Bertz CT molecular complexity index is 360. The van der Waals surface area contributed by atoms with E-state index >= 15 is 0 Å². The van der Waals surface area contributed by atoms with Gasteiger partial charge < -0.3 is 5.11 Å². The van der Waals surface area contributed by atoms with E-state index in [-0.39, 0.29) is 6.23 Å². The van der Waals surface area contributed by atoms with Gasteiger partial charge in [0.05, 0.1) is 7.05 Å². The van der Waals surface area contributed by atoms with Gasteiger partial charge in [0.2, 0.25) is 6.33 Å². The van der Waals surface area contributed by atoms with E-state index in [1.165, 1.54) is 0 Å². The van der Waals surface area contributed by atoms with Crippen LogP contribution in [0.1, 0.15) is 19.6 Å². The van der Waals surface area contributed by atoms with Crippen LogP contribution in [0.15, 0.2) is 18.7 Å². The van der Waals surface area contributed by atoms with Crippen LogP contribution < -0.4 is 4.57 Å². The molecule has 104 valence electrons. The van der Waals surface area contributed by atoms with Crippen molar-refractivity contribution in [3.05, 3.63) is 18.7 Å². The number of aliphatic hydroxyl groups excluding tert-OH is 1. The molecular formula is C7H13F6N2OP. The topological polar surface area (TPSA) is 29.0 Å². The second kappa shape index (κ2) is 4.13. The molecule has 0 saturated heterocycles. The normalized spacial score (nSPS) is 17.5. The maximum atomic E-state index is 9.87. The number of aryl methyl sites for hydroxylation is 1. The number of nitrogens with zero attached hydrogens (tertiary/aromatic N) is 2. The molecule has 0 aliphatic carbocycles. The number of aliphatic hydroxyl groups is 1. The molecule has 0 aromatic carbocycles. The molecule has 1 aromatic rings. The Balaban J connectivity index is 0.000000325. The van der Waals surface area contributed by atoms with Crippen LogP contribution in [0.2, 0.25) is 0 Å². The third kappa shape index (κ3) is 13.1. The third-order valence-electron chi connectivity index (χ3n) is 1.50. The van der Waals surface area contributed by atoms with Crippen molar-refractivity contribution in [2.75, 3.05) is 0 Å². The van der Waals surface area contributed by atoms with E-state index in [1.54, 1.807) is 4.57 Å². The monoisotopic (exact) mass is 286 g/mol. The summed E-state index contributed by atoms with van der Waals surface area (Å²) in [5.41, 5.74) is 0. The molecule has 1 N–H and O–H groups in total. The van der Waals surface area contributed by atoms with Crippen molar-refractivity contribution in [1.82, 2.24) is 4.57 Å². The maximum absolute atomic E-state index is 10.7. The molecule has 1 heterocycles. The van der Waals surface area contributed by atoms with Gasteiger partial charge in [0, 0.05) is 6.42 Å². The Kier molecular flexibility index (Phi) is 3.93. The van der Waals surface area contributed by atoms with Gasteiger partial charge in [0.15, 0.2) is 6.23 Å². The molecule has 1 aromatic heterocycles. The average Bonchev–Trinajstić information content (AvgIpc) is 2.44. The standard InChI is InChI=1S/C7H13N2O.F6P/c1-3-7(10)9-5-4-8(2)6-9;1-7(2,3,4,5)6/h4-7,10H,3H2,1-2H3;/q+1;-1. The number of aromatic nitrogens is 2. The molecule has 0 radical (unpaired) electrons. The van der Waals surface area contributed by atoms with Gasteiger partial charge in [-0.1, -0.05) is 6.92 Å². The predicted octanol–water partition coefficient (Wildman–Crippen LogP) is 3.60. The van der Waals surface area contributed by atoms with Crippen LogP contribution in [0.4, 0.5) is 25.2 Å². The van der Waals surface area contributed by atoms with Gasteiger partial charge in [0.25, 0.3) is 0 Å². The fourth-order valence-corrected chi connectivity index (χ4v) is 0.857. The summed E-state index contributed by atoms with van der Waals surface area (Å²) in [5, 5.41) is 9.29. The number of halogens is 6. The van der Waals surface area contributed by atoms with Crippen molar-refractivity contribution < 1.29 is 34.9 Å². The number of hydrogen-bond acceptors (Lipinski definition) is 1. The fraction of sp³-hybridized carbons (Fsp3) is 0.571. The quantitative estimate of drug-likeness (QED) is 0.502. The zero-order valence-corrected chi connectivity index (χ0v) is 9.97. The number of hydrogen-bond donors (Lipinski definition) is 1. The van der Waals surface area contributed by atoms with Gasteiger partial charge in [-0.25, -0.2) is 9.13 Å². The first kappa shape index (κ1) is 16.2. The van der Waals surface area contributed by atoms with Gasteiger partial charge in [-0.3, -0.25) is 0 Å². The second-order valence-electron chi connectivity index (χ2n) is 3.37. The molecule has 0 fully saturated rings. The molecule has 0 bridgehead atoms. The number of rotatable bonds is 2. The van der Waals surface area contributed by atoms with E-state index in [2.05, 4.69) is 0 Å². The summed E-state index contributed by atoms with van der Waals surface area (Å²) >= 11 is 0. The van der Waals surface area contributed by atoms with Crippen molar-refractivity contribution in [2.45, 2.75) is 19.6 Å². The first-order valence-electron chi connectivity index (χ1n) is 4.46. The van der Waals surface area contributed by atoms with E-state index in [0.717, 1.165) is 6.42 Å². The molecule has 1 atom stereocenters. The summed E-state index contributed by atoms with van der Waals surface area (Å²) in [7, 11) is -8.73. The first-order valence-corrected chi connectivity index (χ1v) is 6.49. The molecule has 17 heavy (non-hydrogen) atoms. The van der Waals surface area contributed by atoms with Crippen LogP contribution in [-0.2, 0) is 7.05 Å². The Morgan fingerprint density at radius 1 is 1.24 bits per heavy atom. The second-order valence-corrected chi connectivity index (χ2v) is 5.29. The van der Waals surface area contributed by atoms with Crippen LogP contribution in [0.3, 0.4) is 0 Å². The summed E-state index contributed by atoms with van der Waals surface area (Å²) in [6, 6.07) is 0. The summed E-state index contributed by atoms with van der Waals surface area (Å²) in [4.78, 5) is 0. The molecule has 3 nitrogen and oxygen atoms in total. The molecule has 0 aliphatic heterocycles. The van der Waals surface area contributed by atoms with Crippen molar-refractivity contribution in [3.63, 3.8) is 0 Å². The molecule has 1 rings (SSSR count). The van der Waals surface area contributed by atoms with Crippen LogP contribution in [0, 0.1) is 0 Å². The summed E-state index contributed by atoms with van der Waals surface area (Å²) < 4.78 is 62.9. The Labute approximate surface area is 93.5 Å². The summed E-state index contributed by atoms with van der Waals surface area (Å²) in [5.74, 6) is 0. The van der Waals surface area contributed by atoms with Crippen molar-refractivity contribution in [3.8, 4) is 0 Å². The van der Waals surface area contributed by atoms with Gasteiger partial charge in [-0.2, -0.15) is 0 Å². The zero-order chi connectivity index (χ0) is 14.0. The molecule has 1 unspecified atom stereocenters. The van der Waals surface area contributed by atoms with Gasteiger partial charge in [-0.05, 0) is 0 Å². The minimum absolute atomic E-state index is 0.374. The molecular weight excluding hydrogens is 273 g/mol. The summed E-state index contributed by atoms with van der Waals surface area (Å²) in [6.07, 6.45) is 5.98. The molecule has 10 heteroatoms. The van der Waals surface area contributed by atoms with Crippen LogP contribution in [-0.4, -0.2) is 9.67 Å². The van der Waals surface area contributed by atoms with Gasteiger partial charge in [-0.15, -0.1) is 0 Å². The minimum atomic E-state index is -10.7. The van der Waals surface area contributed by atoms with Gasteiger partial charge in [0.1, 0.15) is 12.4 Å². The predicted molar refractivity (Wildman–Crippen MR) is 50.7 cm³/mol. The van der Waals surface area contributed by atoms with Crippen molar-refractivity contribution >= 4 is 7.81 Å². The molecule has 0 saturated carbocycles. The van der Waals surface area contributed by atoms with Crippen LogP contribution in [0.5, 0.6) is 0 Å². The Morgan fingerprint density at radius 2 is 1.65 bits per heavy atom. The van der Waals surface area contributed by atoms with E-state index in [0.29, 0.717) is 0 Å². The van der Waals surface area contributed by atoms with E-state index < -0.39 is 7.81 Å². The molecule has 0 amide bonds. The zero-order valence-electron chi connectivity index (χ0n) is 9.07. The third-order valence-corrected chi connectivity index (χ3v) is 1.50.